The van der Waals surface area contributed by atoms with Crippen molar-refractivity contribution in [3.05, 3.63) is 28.5 Å². The van der Waals surface area contributed by atoms with Gasteiger partial charge in [-0.1, -0.05) is 18.9 Å². The minimum atomic E-state index is -1.11. The summed E-state index contributed by atoms with van der Waals surface area (Å²) in [7, 11) is 0. The molecular weight excluding hydrogens is 454 g/mol. The number of hydrogen-bond acceptors (Lipinski definition) is 6. The van der Waals surface area contributed by atoms with Crippen molar-refractivity contribution in [1.82, 2.24) is 15.6 Å². The first-order valence-electron chi connectivity index (χ1n) is 10.1. The van der Waals surface area contributed by atoms with Crippen molar-refractivity contribution in [2.45, 2.75) is 77.0 Å². The first kappa shape index (κ1) is 24.1. The van der Waals surface area contributed by atoms with Crippen LogP contribution in [0.25, 0.3) is 0 Å². The highest BCUT2D eigenvalue weighted by Crippen LogP contribution is 2.30. The van der Waals surface area contributed by atoms with E-state index < -0.39 is 35.2 Å². The van der Waals surface area contributed by atoms with Gasteiger partial charge in [0.15, 0.2) is 0 Å². The van der Waals surface area contributed by atoms with Crippen LogP contribution in [0.1, 0.15) is 58.9 Å². The van der Waals surface area contributed by atoms with E-state index in [9.17, 15) is 14.4 Å². The lowest BCUT2D eigenvalue weighted by molar-refractivity contribution is -0.148. The Morgan fingerprint density at radius 3 is 2.43 bits per heavy atom. The first-order chi connectivity index (χ1) is 14.0. The number of amides is 2. The van der Waals surface area contributed by atoms with E-state index in [1.54, 1.807) is 40.0 Å². The van der Waals surface area contributed by atoms with Gasteiger partial charge in [0.2, 0.25) is 5.91 Å². The molecule has 1 unspecified atom stereocenters. The van der Waals surface area contributed by atoms with Crippen molar-refractivity contribution in [3.63, 3.8) is 0 Å². The molecule has 0 bridgehead atoms. The number of hydrogen-bond donors (Lipinski definition) is 2. The molecule has 1 atom stereocenters. The topological polar surface area (TPSA) is 107 Å². The second-order valence-corrected chi connectivity index (χ2v) is 9.20. The van der Waals surface area contributed by atoms with Crippen molar-refractivity contribution in [2.24, 2.45) is 0 Å². The van der Waals surface area contributed by atoms with Crippen LogP contribution in [0.5, 0.6) is 0 Å². The molecule has 2 rings (SSSR count). The van der Waals surface area contributed by atoms with Gasteiger partial charge >= 0.3 is 12.1 Å². The van der Waals surface area contributed by atoms with E-state index in [4.69, 9.17) is 9.47 Å². The van der Waals surface area contributed by atoms with Gasteiger partial charge in [-0.15, -0.1) is 0 Å². The van der Waals surface area contributed by atoms with Crippen molar-refractivity contribution in [2.75, 3.05) is 6.61 Å². The summed E-state index contributed by atoms with van der Waals surface area (Å²) in [6.07, 6.45) is 3.76. The Hall–Kier alpha value is -2.16. The molecule has 0 aliphatic heterocycles. The molecule has 1 aliphatic carbocycles. The van der Waals surface area contributed by atoms with E-state index >= 15 is 0 Å². The summed E-state index contributed by atoms with van der Waals surface area (Å²) >= 11 is 3.28. The van der Waals surface area contributed by atoms with E-state index in [-0.39, 0.29) is 13.0 Å². The molecule has 2 N–H and O–H groups in total. The normalized spacial score (nSPS) is 16.4. The second-order valence-electron chi connectivity index (χ2n) is 8.39. The van der Waals surface area contributed by atoms with E-state index in [0.29, 0.717) is 17.4 Å². The van der Waals surface area contributed by atoms with Gasteiger partial charge in [0.25, 0.3) is 0 Å². The minimum Gasteiger partial charge on any atom is -0.464 e. The van der Waals surface area contributed by atoms with Crippen LogP contribution in [-0.2, 0) is 25.5 Å². The monoisotopic (exact) mass is 483 g/mol. The summed E-state index contributed by atoms with van der Waals surface area (Å²) in [5.74, 6) is -0.937. The van der Waals surface area contributed by atoms with Gasteiger partial charge in [-0.25, -0.2) is 14.6 Å². The average Bonchev–Trinajstić information content (AvgIpc) is 3.11. The number of nitrogens with zero attached hydrogens (tertiary/aromatic N) is 1. The van der Waals surface area contributed by atoms with Crippen LogP contribution in [0, 0.1) is 0 Å². The highest BCUT2D eigenvalue weighted by atomic mass is 79.9. The van der Waals surface area contributed by atoms with Gasteiger partial charge in [-0.3, -0.25) is 4.79 Å². The summed E-state index contributed by atoms with van der Waals surface area (Å²) in [4.78, 5) is 42.2. The van der Waals surface area contributed by atoms with E-state index in [0.717, 1.165) is 18.4 Å². The summed E-state index contributed by atoms with van der Waals surface area (Å²) in [6.45, 7) is 7.19. The number of ether oxygens (including phenoxy) is 2. The molecule has 30 heavy (non-hydrogen) atoms. The lowest BCUT2D eigenvalue weighted by Gasteiger charge is -2.32. The predicted octanol–water partition coefficient (Wildman–Crippen LogP) is 3.27. The zero-order valence-electron chi connectivity index (χ0n) is 17.9. The predicted molar refractivity (Wildman–Crippen MR) is 115 cm³/mol. The van der Waals surface area contributed by atoms with Gasteiger partial charge in [-0.2, -0.15) is 0 Å². The van der Waals surface area contributed by atoms with Crippen molar-refractivity contribution in [1.29, 1.82) is 0 Å². The summed E-state index contributed by atoms with van der Waals surface area (Å²) in [6, 6.07) is 2.69. The average molecular weight is 484 g/mol. The van der Waals surface area contributed by atoms with Gasteiger partial charge in [-0.05, 0) is 68.1 Å². The van der Waals surface area contributed by atoms with Crippen LogP contribution < -0.4 is 10.6 Å². The van der Waals surface area contributed by atoms with Crippen LogP contribution in [0.15, 0.2) is 22.9 Å². The molecule has 1 heterocycles. The van der Waals surface area contributed by atoms with Crippen molar-refractivity contribution >= 4 is 33.9 Å². The fourth-order valence-electron chi connectivity index (χ4n) is 3.38. The fraction of sp³-hybridized carbons (Fsp3) is 0.619. The Morgan fingerprint density at radius 2 is 1.90 bits per heavy atom. The van der Waals surface area contributed by atoms with Gasteiger partial charge < -0.3 is 20.1 Å². The second kappa shape index (κ2) is 10.2. The van der Waals surface area contributed by atoms with Crippen LogP contribution >= 0.6 is 15.9 Å². The molecule has 0 aromatic carbocycles. The highest BCUT2D eigenvalue weighted by Gasteiger charge is 2.44. The van der Waals surface area contributed by atoms with Crippen LogP contribution in [0.2, 0.25) is 0 Å². The molecule has 8 nitrogen and oxygen atoms in total. The van der Waals surface area contributed by atoms with E-state index in [1.165, 1.54) is 0 Å². The number of aromatic nitrogens is 1. The maximum Gasteiger partial charge on any atom is 0.408 e. The molecule has 0 saturated heterocycles. The Kier molecular flexibility index (Phi) is 8.23. The fourth-order valence-corrected chi connectivity index (χ4v) is 3.62. The third-order valence-electron chi connectivity index (χ3n) is 4.74. The molecule has 166 valence electrons. The molecule has 0 radical (unpaired) electrons. The Balaban J connectivity index is 2.16. The number of carbonyl (C=O) groups is 3. The third-order valence-corrected chi connectivity index (χ3v) is 5.21. The van der Waals surface area contributed by atoms with E-state index in [1.807, 2.05) is 6.07 Å². The number of pyridine rings is 1. The minimum absolute atomic E-state index is 0.199. The third kappa shape index (κ3) is 6.97. The van der Waals surface area contributed by atoms with Crippen molar-refractivity contribution in [3.8, 4) is 0 Å². The lowest BCUT2D eigenvalue weighted by atomic mass is 9.95. The molecular formula is C21H30BrN3O5. The van der Waals surface area contributed by atoms with Crippen LogP contribution in [-0.4, -0.2) is 46.7 Å². The molecule has 2 amide bonds. The Labute approximate surface area is 185 Å². The zero-order valence-corrected chi connectivity index (χ0v) is 19.5. The smallest absolute Gasteiger partial charge is 0.408 e. The standard InChI is InChI=1S/C21H30BrN3O5/c1-5-29-17(26)15(12-14-8-9-16(22)23-13-14)24-18(27)21(10-6-7-11-21)25-19(28)30-20(2,3)4/h8-9,13,15H,5-7,10-12H2,1-4H3,(H,24,27)(H,25,28). The quantitative estimate of drug-likeness (QED) is 0.455. The number of halogens is 1. The largest absolute Gasteiger partial charge is 0.464 e. The number of alkyl carbamates (subject to hydrolysis) is 1. The summed E-state index contributed by atoms with van der Waals surface area (Å²) in [5, 5.41) is 5.54. The number of esters is 1. The Morgan fingerprint density at radius 1 is 1.23 bits per heavy atom. The Bertz CT molecular complexity index is 755. The molecule has 1 aliphatic rings. The number of nitrogens with one attached hydrogen (secondary N) is 2. The van der Waals surface area contributed by atoms with Crippen LogP contribution in [0.3, 0.4) is 0 Å². The summed E-state index contributed by atoms with van der Waals surface area (Å²) in [5.41, 5.74) is -1.01. The summed E-state index contributed by atoms with van der Waals surface area (Å²) < 4.78 is 11.2. The maximum absolute atomic E-state index is 13.2. The zero-order chi connectivity index (χ0) is 22.4. The molecule has 1 aromatic heterocycles. The van der Waals surface area contributed by atoms with Gasteiger partial charge in [0.05, 0.1) is 6.61 Å². The molecule has 9 heteroatoms. The molecule has 1 fully saturated rings. The lowest BCUT2D eigenvalue weighted by Crippen LogP contribution is -2.60. The van der Waals surface area contributed by atoms with E-state index in [2.05, 4.69) is 31.5 Å². The number of rotatable bonds is 7. The molecule has 1 aromatic rings. The molecule has 0 spiro atoms. The maximum atomic E-state index is 13.2. The van der Waals surface area contributed by atoms with Gasteiger partial charge in [0.1, 0.15) is 21.8 Å². The first-order valence-corrected chi connectivity index (χ1v) is 10.9. The van der Waals surface area contributed by atoms with Crippen LogP contribution in [0.4, 0.5) is 4.79 Å². The molecule has 1 saturated carbocycles. The highest BCUT2D eigenvalue weighted by molar-refractivity contribution is 9.10. The van der Waals surface area contributed by atoms with Crippen molar-refractivity contribution < 1.29 is 23.9 Å². The number of carbonyl (C=O) groups excluding carboxylic acids is 3. The SMILES string of the molecule is CCOC(=O)C(Cc1ccc(Br)nc1)NC(=O)C1(NC(=O)OC(C)(C)C)CCCC1. The van der Waals surface area contributed by atoms with Gasteiger partial charge in [0, 0.05) is 12.6 Å².